The first-order valence-electron chi connectivity index (χ1n) is 8.24. The molecule has 0 fully saturated rings. The van der Waals surface area contributed by atoms with Crippen LogP contribution in [0.2, 0.25) is 0 Å². The predicted octanol–water partition coefficient (Wildman–Crippen LogP) is 2.33. The first-order chi connectivity index (χ1) is 12.2. The molecule has 2 aromatic carbocycles. The number of rotatable bonds is 4. The minimum absolute atomic E-state index is 0.0555. The highest BCUT2D eigenvalue weighted by atomic mass is 32.2. The smallest absolute Gasteiger partial charge is 0.269 e. The molecule has 0 aliphatic carbocycles. The predicted molar refractivity (Wildman–Crippen MR) is 97.1 cm³/mol. The van der Waals surface area contributed by atoms with Crippen LogP contribution in [0.1, 0.15) is 40.0 Å². The Morgan fingerprint density at radius 2 is 1.81 bits per heavy atom. The van der Waals surface area contributed by atoms with E-state index in [4.69, 9.17) is 0 Å². The third kappa shape index (κ3) is 3.10. The van der Waals surface area contributed by atoms with E-state index in [9.17, 15) is 18.0 Å². The molecule has 1 atom stereocenters. The molecule has 0 saturated carbocycles. The van der Waals surface area contributed by atoms with Gasteiger partial charge < -0.3 is 5.32 Å². The van der Waals surface area contributed by atoms with Crippen LogP contribution in [0.4, 0.5) is 0 Å². The molecule has 1 aliphatic heterocycles. The van der Waals surface area contributed by atoms with Gasteiger partial charge in [0.2, 0.25) is 5.91 Å². The molecule has 2 amide bonds. The molecular formula is C19H20N2O4S. The molecule has 1 aliphatic rings. The van der Waals surface area contributed by atoms with Crippen LogP contribution in [-0.2, 0) is 14.8 Å². The largest absolute Gasteiger partial charge is 0.348 e. The molecule has 0 bridgehead atoms. The number of sulfonamides is 1. The van der Waals surface area contributed by atoms with Crippen molar-refractivity contribution in [2.24, 2.45) is 0 Å². The molecule has 6 nitrogen and oxygen atoms in total. The minimum Gasteiger partial charge on any atom is -0.348 e. The van der Waals surface area contributed by atoms with Gasteiger partial charge in [0.05, 0.1) is 11.6 Å². The maximum absolute atomic E-state index is 12.5. The third-order valence-electron chi connectivity index (χ3n) is 4.61. The Hall–Kier alpha value is -2.67. The molecule has 26 heavy (non-hydrogen) atoms. The maximum Gasteiger partial charge on any atom is 0.269 e. The van der Waals surface area contributed by atoms with E-state index in [1.165, 1.54) is 12.1 Å². The molecule has 7 heteroatoms. The quantitative estimate of drug-likeness (QED) is 0.893. The van der Waals surface area contributed by atoms with Gasteiger partial charge in [-0.2, -0.15) is 0 Å². The zero-order valence-electron chi connectivity index (χ0n) is 14.8. The Morgan fingerprint density at radius 3 is 2.46 bits per heavy atom. The summed E-state index contributed by atoms with van der Waals surface area (Å²) in [5, 5.41) is 2.76. The summed E-state index contributed by atoms with van der Waals surface area (Å²) in [6.07, 6.45) is 0. The first kappa shape index (κ1) is 18.1. The Bertz CT molecular complexity index is 998. The van der Waals surface area contributed by atoms with Gasteiger partial charge in [-0.05, 0) is 49.6 Å². The van der Waals surface area contributed by atoms with Crippen molar-refractivity contribution in [1.82, 2.24) is 9.62 Å². The van der Waals surface area contributed by atoms with Crippen LogP contribution in [-0.4, -0.2) is 31.1 Å². The van der Waals surface area contributed by atoms with E-state index in [0.717, 1.165) is 16.7 Å². The summed E-state index contributed by atoms with van der Waals surface area (Å²) in [5.41, 5.74) is 3.28. The first-order valence-corrected chi connectivity index (χ1v) is 9.68. The molecule has 0 radical (unpaired) electrons. The number of hydrogen-bond acceptors (Lipinski definition) is 4. The fourth-order valence-corrected chi connectivity index (χ4v) is 4.45. The number of benzene rings is 2. The Labute approximate surface area is 152 Å². The molecular weight excluding hydrogens is 352 g/mol. The van der Waals surface area contributed by atoms with Crippen molar-refractivity contribution in [3.63, 3.8) is 0 Å². The van der Waals surface area contributed by atoms with Crippen LogP contribution in [0.3, 0.4) is 0 Å². The van der Waals surface area contributed by atoms with Gasteiger partial charge in [-0.25, -0.2) is 12.7 Å². The second-order valence-electron chi connectivity index (χ2n) is 6.45. The van der Waals surface area contributed by atoms with E-state index in [-0.39, 0.29) is 16.5 Å². The monoisotopic (exact) mass is 372 g/mol. The number of fused-ring (bicyclic) bond motifs is 1. The lowest BCUT2D eigenvalue weighted by Gasteiger charge is -2.19. The van der Waals surface area contributed by atoms with Crippen LogP contribution >= 0.6 is 0 Å². The number of carbonyl (C=O) groups is 2. The lowest BCUT2D eigenvalue weighted by atomic mass is 10.0. The summed E-state index contributed by atoms with van der Waals surface area (Å²) < 4.78 is 25.6. The summed E-state index contributed by atoms with van der Waals surface area (Å²) >= 11 is 0. The highest BCUT2D eigenvalue weighted by Crippen LogP contribution is 2.29. The molecule has 1 heterocycles. The summed E-state index contributed by atoms with van der Waals surface area (Å²) in [5.74, 6) is -1.20. The maximum atomic E-state index is 12.5. The fourth-order valence-electron chi connectivity index (χ4n) is 2.92. The Balaban J connectivity index is 1.74. The second kappa shape index (κ2) is 6.57. The summed E-state index contributed by atoms with van der Waals surface area (Å²) in [4.78, 5) is 24.6. The van der Waals surface area contributed by atoms with Crippen molar-refractivity contribution >= 4 is 21.8 Å². The number of nitrogens with one attached hydrogen (secondary N) is 1. The van der Waals surface area contributed by atoms with E-state index in [2.05, 4.69) is 5.32 Å². The molecule has 2 aromatic rings. The van der Waals surface area contributed by atoms with Gasteiger partial charge in [-0.1, -0.05) is 30.3 Å². The summed E-state index contributed by atoms with van der Waals surface area (Å²) in [7, 11) is -3.98. The number of hydrogen-bond donors (Lipinski definition) is 1. The minimum atomic E-state index is -3.98. The number of amides is 2. The van der Waals surface area contributed by atoms with E-state index in [0.29, 0.717) is 4.31 Å². The number of aryl methyl sites for hydroxylation is 2. The zero-order valence-corrected chi connectivity index (χ0v) is 15.6. The van der Waals surface area contributed by atoms with Crippen molar-refractivity contribution in [3.8, 4) is 0 Å². The molecule has 3 rings (SSSR count). The van der Waals surface area contributed by atoms with Gasteiger partial charge in [0, 0.05) is 0 Å². The van der Waals surface area contributed by atoms with Crippen LogP contribution in [0.25, 0.3) is 0 Å². The summed E-state index contributed by atoms with van der Waals surface area (Å²) in [6, 6.07) is 11.5. The molecule has 1 N–H and O–H groups in total. The van der Waals surface area contributed by atoms with Crippen LogP contribution < -0.4 is 5.32 Å². The van der Waals surface area contributed by atoms with Crippen LogP contribution in [0.15, 0.2) is 47.4 Å². The van der Waals surface area contributed by atoms with E-state index >= 15 is 0 Å². The fraction of sp³-hybridized carbons (Fsp3) is 0.263. The van der Waals surface area contributed by atoms with Gasteiger partial charge in [-0.3, -0.25) is 9.59 Å². The van der Waals surface area contributed by atoms with Crippen molar-refractivity contribution in [1.29, 1.82) is 0 Å². The van der Waals surface area contributed by atoms with Gasteiger partial charge >= 0.3 is 0 Å². The SMILES string of the molecule is Cc1ccc([C@H](C)NC(=O)CN2C(=O)c3ccccc3S2(=O)=O)cc1C. The Kier molecular flexibility index (Phi) is 4.58. The van der Waals surface area contributed by atoms with Gasteiger partial charge in [0.1, 0.15) is 11.4 Å². The lowest BCUT2D eigenvalue weighted by Crippen LogP contribution is -2.41. The lowest BCUT2D eigenvalue weighted by molar-refractivity contribution is -0.121. The van der Waals surface area contributed by atoms with Crippen molar-refractivity contribution in [2.45, 2.75) is 31.7 Å². The van der Waals surface area contributed by atoms with E-state index in [1.54, 1.807) is 12.1 Å². The number of nitrogens with zero attached hydrogens (tertiary/aromatic N) is 1. The van der Waals surface area contributed by atoms with E-state index in [1.807, 2.05) is 39.0 Å². The van der Waals surface area contributed by atoms with Crippen molar-refractivity contribution < 1.29 is 18.0 Å². The standard InChI is InChI=1S/C19H20N2O4S/c1-12-8-9-15(10-13(12)2)14(3)20-18(22)11-21-19(23)16-6-4-5-7-17(16)26(21,24)25/h4-10,14H,11H2,1-3H3,(H,20,22)/t14-/m0/s1. The highest BCUT2D eigenvalue weighted by molar-refractivity contribution is 7.90. The molecule has 0 spiro atoms. The number of carbonyl (C=O) groups excluding carboxylic acids is 2. The van der Waals surface area contributed by atoms with Crippen molar-refractivity contribution in [3.05, 3.63) is 64.7 Å². The highest BCUT2D eigenvalue weighted by Gasteiger charge is 2.41. The van der Waals surface area contributed by atoms with Gasteiger partial charge in [0.25, 0.3) is 15.9 Å². The Morgan fingerprint density at radius 1 is 1.12 bits per heavy atom. The van der Waals surface area contributed by atoms with Crippen LogP contribution in [0, 0.1) is 13.8 Å². The average Bonchev–Trinajstić information content (AvgIpc) is 2.78. The molecule has 0 unspecified atom stereocenters. The van der Waals surface area contributed by atoms with Gasteiger partial charge in [-0.15, -0.1) is 0 Å². The molecule has 136 valence electrons. The summed E-state index contributed by atoms with van der Waals surface area (Å²) in [6.45, 7) is 5.27. The van der Waals surface area contributed by atoms with Crippen LogP contribution in [0.5, 0.6) is 0 Å². The van der Waals surface area contributed by atoms with Gasteiger partial charge in [0.15, 0.2) is 0 Å². The molecule has 0 aromatic heterocycles. The van der Waals surface area contributed by atoms with E-state index < -0.39 is 28.4 Å². The molecule has 0 saturated heterocycles. The average molecular weight is 372 g/mol. The second-order valence-corrected chi connectivity index (χ2v) is 8.28. The zero-order chi connectivity index (χ0) is 19.1. The normalized spacial score (nSPS) is 16.3. The van der Waals surface area contributed by atoms with Crippen molar-refractivity contribution in [2.75, 3.05) is 6.54 Å². The third-order valence-corrected chi connectivity index (χ3v) is 6.39. The topological polar surface area (TPSA) is 83.6 Å².